The standard InChI is InChI=1S/C19H30N4O2/c1-13(2)22-7-5-16(6-8-22)19(24)23-9-10-25-18(12-23)17-11-14(3)20-15(4)21-17/h11,13,16,18H,5-10,12H2,1-4H3/t18-/m1/s1. The second kappa shape index (κ2) is 7.79. The summed E-state index contributed by atoms with van der Waals surface area (Å²) in [5, 5.41) is 0. The summed E-state index contributed by atoms with van der Waals surface area (Å²) in [7, 11) is 0. The van der Waals surface area contributed by atoms with E-state index in [9.17, 15) is 4.79 Å². The summed E-state index contributed by atoms with van der Waals surface area (Å²) in [5.41, 5.74) is 1.83. The molecule has 2 aliphatic heterocycles. The number of rotatable bonds is 3. The van der Waals surface area contributed by atoms with Gasteiger partial charge < -0.3 is 14.5 Å². The van der Waals surface area contributed by atoms with E-state index < -0.39 is 0 Å². The van der Waals surface area contributed by atoms with Gasteiger partial charge in [0.05, 0.1) is 18.8 Å². The van der Waals surface area contributed by atoms with Crippen LogP contribution in [0.5, 0.6) is 0 Å². The van der Waals surface area contributed by atoms with E-state index in [2.05, 4.69) is 28.7 Å². The summed E-state index contributed by atoms with van der Waals surface area (Å²) in [5.74, 6) is 1.20. The van der Waals surface area contributed by atoms with E-state index in [-0.39, 0.29) is 12.0 Å². The molecule has 1 atom stereocenters. The van der Waals surface area contributed by atoms with Crippen LogP contribution in [0.1, 0.15) is 50.0 Å². The Kier molecular flexibility index (Phi) is 5.69. The van der Waals surface area contributed by atoms with Crippen molar-refractivity contribution < 1.29 is 9.53 Å². The fourth-order valence-electron chi connectivity index (χ4n) is 3.86. The zero-order chi connectivity index (χ0) is 18.0. The van der Waals surface area contributed by atoms with E-state index in [1.54, 1.807) is 0 Å². The number of hydrogen-bond donors (Lipinski definition) is 0. The quantitative estimate of drug-likeness (QED) is 0.839. The number of carbonyl (C=O) groups is 1. The zero-order valence-corrected chi connectivity index (χ0v) is 15.9. The first kappa shape index (κ1) is 18.3. The third kappa shape index (κ3) is 4.36. The molecule has 2 fully saturated rings. The highest BCUT2D eigenvalue weighted by molar-refractivity contribution is 5.79. The minimum Gasteiger partial charge on any atom is -0.368 e. The van der Waals surface area contributed by atoms with E-state index in [1.807, 2.05) is 24.8 Å². The van der Waals surface area contributed by atoms with Gasteiger partial charge in [-0.25, -0.2) is 9.97 Å². The van der Waals surface area contributed by atoms with Gasteiger partial charge >= 0.3 is 0 Å². The molecule has 0 unspecified atom stereocenters. The molecule has 3 rings (SSSR count). The third-order valence-electron chi connectivity index (χ3n) is 5.30. The number of likely N-dealkylation sites (tertiary alicyclic amines) is 1. The monoisotopic (exact) mass is 346 g/mol. The SMILES string of the molecule is Cc1cc([C@H]2CN(C(=O)C3CCN(C(C)C)CC3)CCO2)nc(C)n1. The molecule has 2 aliphatic rings. The van der Waals surface area contributed by atoms with Crippen LogP contribution in [0, 0.1) is 19.8 Å². The number of aromatic nitrogens is 2. The molecule has 0 saturated carbocycles. The summed E-state index contributed by atoms with van der Waals surface area (Å²) in [6, 6.07) is 2.53. The minimum atomic E-state index is -0.145. The molecule has 25 heavy (non-hydrogen) atoms. The molecule has 0 spiro atoms. The summed E-state index contributed by atoms with van der Waals surface area (Å²) < 4.78 is 5.90. The van der Waals surface area contributed by atoms with Crippen molar-refractivity contribution in [2.45, 2.75) is 52.7 Å². The molecule has 6 nitrogen and oxygen atoms in total. The predicted octanol–water partition coefficient (Wildman–Crippen LogP) is 2.11. The molecule has 0 bridgehead atoms. The van der Waals surface area contributed by atoms with E-state index in [0.29, 0.717) is 31.6 Å². The van der Waals surface area contributed by atoms with Gasteiger partial charge in [0, 0.05) is 24.2 Å². The van der Waals surface area contributed by atoms with Gasteiger partial charge in [0.2, 0.25) is 5.91 Å². The number of aryl methyl sites for hydroxylation is 2. The largest absolute Gasteiger partial charge is 0.368 e. The van der Waals surface area contributed by atoms with Crippen molar-refractivity contribution >= 4 is 5.91 Å². The molecule has 1 amide bonds. The van der Waals surface area contributed by atoms with Gasteiger partial charge in [-0.2, -0.15) is 0 Å². The number of ether oxygens (including phenoxy) is 1. The lowest BCUT2D eigenvalue weighted by atomic mass is 9.94. The van der Waals surface area contributed by atoms with Crippen molar-refractivity contribution in [3.05, 3.63) is 23.3 Å². The number of hydrogen-bond acceptors (Lipinski definition) is 5. The van der Waals surface area contributed by atoms with Crippen LogP contribution in [0.25, 0.3) is 0 Å². The molecular formula is C19H30N4O2. The lowest BCUT2D eigenvalue weighted by Gasteiger charge is -2.38. The number of piperidine rings is 1. The van der Waals surface area contributed by atoms with Crippen molar-refractivity contribution in [2.24, 2.45) is 5.92 Å². The first-order chi connectivity index (χ1) is 11.9. The molecule has 0 aromatic carbocycles. The summed E-state index contributed by atoms with van der Waals surface area (Å²) >= 11 is 0. The zero-order valence-electron chi connectivity index (χ0n) is 15.9. The molecule has 6 heteroatoms. The Morgan fingerprint density at radius 2 is 1.92 bits per heavy atom. The van der Waals surface area contributed by atoms with Gasteiger partial charge in [-0.15, -0.1) is 0 Å². The molecule has 1 aromatic rings. The van der Waals surface area contributed by atoms with Crippen LogP contribution in [0.3, 0.4) is 0 Å². The van der Waals surface area contributed by atoms with Crippen LogP contribution in [0.2, 0.25) is 0 Å². The molecule has 2 saturated heterocycles. The van der Waals surface area contributed by atoms with Crippen LogP contribution < -0.4 is 0 Å². The Balaban J connectivity index is 1.62. The Morgan fingerprint density at radius 1 is 1.20 bits per heavy atom. The maximum atomic E-state index is 13.0. The fraction of sp³-hybridized carbons (Fsp3) is 0.737. The predicted molar refractivity (Wildman–Crippen MR) is 96.2 cm³/mol. The van der Waals surface area contributed by atoms with Crippen molar-refractivity contribution in [1.82, 2.24) is 19.8 Å². The van der Waals surface area contributed by atoms with Crippen LogP contribution >= 0.6 is 0 Å². The minimum absolute atomic E-state index is 0.145. The maximum Gasteiger partial charge on any atom is 0.225 e. The highest BCUT2D eigenvalue weighted by Gasteiger charge is 2.33. The summed E-state index contributed by atoms with van der Waals surface area (Å²) in [4.78, 5) is 26.2. The maximum absolute atomic E-state index is 13.0. The Bertz CT molecular complexity index is 591. The number of amides is 1. The molecule has 3 heterocycles. The van der Waals surface area contributed by atoms with Crippen molar-refractivity contribution in [3.63, 3.8) is 0 Å². The smallest absolute Gasteiger partial charge is 0.225 e. The highest BCUT2D eigenvalue weighted by Crippen LogP contribution is 2.26. The van der Waals surface area contributed by atoms with Gasteiger partial charge in [0.15, 0.2) is 0 Å². The van der Waals surface area contributed by atoms with E-state index in [1.165, 1.54) is 0 Å². The first-order valence-corrected chi connectivity index (χ1v) is 9.40. The third-order valence-corrected chi connectivity index (χ3v) is 5.30. The van der Waals surface area contributed by atoms with Crippen molar-refractivity contribution in [2.75, 3.05) is 32.8 Å². The molecule has 138 valence electrons. The van der Waals surface area contributed by atoms with Crippen LogP contribution in [-0.2, 0) is 9.53 Å². The van der Waals surface area contributed by atoms with Crippen LogP contribution in [0.15, 0.2) is 6.07 Å². The van der Waals surface area contributed by atoms with Crippen molar-refractivity contribution in [3.8, 4) is 0 Å². The number of morpholine rings is 1. The summed E-state index contributed by atoms with van der Waals surface area (Å²) in [6.07, 6.45) is 1.78. The van der Waals surface area contributed by atoms with Gasteiger partial charge in [-0.3, -0.25) is 4.79 Å². The van der Waals surface area contributed by atoms with Gasteiger partial charge in [0.1, 0.15) is 11.9 Å². The van der Waals surface area contributed by atoms with E-state index in [4.69, 9.17) is 4.74 Å². The Morgan fingerprint density at radius 3 is 2.56 bits per heavy atom. The number of nitrogens with zero attached hydrogens (tertiary/aromatic N) is 4. The average Bonchev–Trinajstić information content (AvgIpc) is 2.60. The van der Waals surface area contributed by atoms with Gasteiger partial charge in [-0.1, -0.05) is 0 Å². The fourth-order valence-corrected chi connectivity index (χ4v) is 3.86. The molecular weight excluding hydrogens is 316 g/mol. The molecule has 1 aromatic heterocycles. The van der Waals surface area contributed by atoms with Crippen LogP contribution in [0.4, 0.5) is 0 Å². The second-order valence-corrected chi connectivity index (χ2v) is 7.53. The van der Waals surface area contributed by atoms with Gasteiger partial charge in [0.25, 0.3) is 0 Å². The summed E-state index contributed by atoms with van der Waals surface area (Å²) in [6.45, 7) is 12.2. The molecule has 0 N–H and O–H groups in total. The molecule has 0 aliphatic carbocycles. The Hall–Kier alpha value is -1.53. The first-order valence-electron chi connectivity index (χ1n) is 9.40. The van der Waals surface area contributed by atoms with Crippen molar-refractivity contribution in [1.29, 1.82) is 0 Å². The van der Waals surface area contributed by atoms with E-state index >= 15 is 0 Å². The topological polar surface area (TPSA) is 58.6 Å². The highest BCUT2D eigenvalue weighted by atomic mass is 16.5. The Labute approximate surface area is 150 Å². The van der Waals surface area contributed by atoms with Crippen LogP contribution in [-0.4, -0.2) is 64.5 Å². The average molecular weight is 346 g/mol. The molecule has 0 radical (unpaired) electrons. The van der Waals surface area contributed by atoms with Gasteiger partial charge in [-0.05, 0) is 59.7 Å². The lowest BCUT2D eigenvalue weighted by molar-refractivity contribution is -0.145. The number of carbonyl (C=O) groups excluding carboxylic acids is 1. The normalized spacial score (nSPS) is 23.2. The van der Waals surface area contributed by atoms with E-state index in [0.717, 1.165) is 43.1 Å². The lowest BCUT2D eigenvalue weighted by Crippen LogP contribution is -2.48. The second-order valence-electron chi connectivity index (χ2n) is 7.53.